The van der Waals surface area contributed by atoms with Crippen LogP contribution in [-0.4, -0.2) is 36.9 Å². The molecule has 0 unspecified atom stereocenters. The van der Waals surface area contributed by atoms with Crippen LogP contribution in [0.15, 0.2) is 53.1 Å². The number of nitrogens with zero attached hydrogens (tertiary/aromatic N) is 2. The highest BCUT2D eigenvalue weighted by Crippen LogP contribution is 2.30. The first kappa shape index (κ1) is 20.2. The summed E-state index contributed by atoms with van der Waals surface area (Å²) in [6.45, 7) is 4.56. The summed E-state index contributed by atoms with van der Waals surface area (Å²) in [6, 6.07) is 13.4. The molecule has 0 saturated carbocycles. The van der Waals surface area contributed by atoms with E-state index in [2.05, 4.69) is 28.4 Å². The van der Waals surface area contributed by atoms with Gasteiger partial charge in [-0.15, -0.1) is 11.3 Å². The lowest BCUT2D eigenvalue weighted by Crippen LogP contribution is -2.27. The molecule has 0 bridgehead atoms. The van der Waals surface area contributed by atoms with Gasteiger partial charge in [-0.2, -0.15) is 0 Å². The van der Waals surface area contributed by atoms with Gasteiger partial charge in [0.1, 0.15) is 0 Å². The second kappa shape index (κ2) is 8.75. The molecule has 1 fully saturated rings. The lowest BCUT2D eigenvalue weighted by Gasteiger charge is -2.24. The first-order valence-corrected chi connectivity index (χ1v) is 10.9. The van der Waals surface area contributed by atoms with Crippen molar-refractivity contribution in [3.05, 3.63) is 70.5 Å². The SMILES string of the molecule is Cc1cc(NC(=O)c2ccco2)sc1C(=O)N(C)Cc1ccccc1N1CCCC1. The monoisotopic (exact) mass is 423 g/mol. The highest BCUT2D eigenvalue weighted by atomic mass is 32.1. The number of aryl methyl sites for hydroxylation is 1. The van der Waals surface area contributed by atoms with Gasteiger partial charge in [0.25, 0.3) is 11.8 Å². The number of amides is 2. The van der Waals surface area contributed by atoms with Crippen LogP contribution in [0.5, 0.6) is 0 Å². The van der Waals surface area contributed by atoms with Crippen molar-refractivity contribution in [2.45, 2.75) is 26.3 Å². The van der Waals surface area contributed by atoms with Crippen molar-refractivity contribution in [1.29, 1.82) is 0 Å². The van der Waals surface area contributed by atoms with Crippen molar-refractivity contribution in [2.24, 2.45) is 0 Å². The van der Waals surface area contributed by atoms with Gasteiger partial charge in [0.2, 0.25) is 0 Å². The Kier molecular flexibility index (Phi) is 5.90. The molecular weight excluding hydrogens is 398 g/mol. The van der Waals surface area contributed by atoms with Gasteiger partial charge in [0.15, 0.2) is 5.76 Å². The Hall–Kier alpha value is -3.06. The first-order chi connectivity index (χ1) is 14.5. The van der Waals surface area contributed by atoms with Gasteiger partial charge in [-0.05, 0) is 55.2 Å². The first-order valence-electron chi connectivity index (χ1n) is 10.1. The Labute approximate surface area is 180 Å². The highest BCUT2D eigenvalue weighted by molar-refractivity contribution is 7.18. The molecule has 0 radical (unpaired) electrons. The molecule has 0 atom stereocenters. The topological polar surface area (TPSA) is 65.8 Å². The lowest BCUT2D eigenvalue weighted by molar-refractivity contribution is 0.0789. The van der Waals surface area contributed by atoms with Gasteiger partial charge in [0.05, 0.1) is 16.1 Å². The molecule has 0 aliphatic carbocycles. The number of benzene rings is 1. The minimum absolute atomic E-state index is 0.0489. The maximum Gasteiger partial charge on any atom is 0.291 e. The van der Waals surface area contributed by atoms with E-state index in [0.717, 1.165) is 24.2 Å². The summed E-state index contributed by atoms with van der Waals surface area (Å²) in [5.41, 5.74) is 3.21. The summed E-state index contributed by atoms with van der Waals surface area (Å²) in [6.07, 6.45) is 3.88. The average molecular weight is 424 g/mol. The zero-order chi connectivity index (χ0) is 21.1. The van der Waals surface area contributed by atoms with Crippen molar-refractivity contribution in [2.75, 3.05) is 30.4 Å². The predicted molar refractivity (Wildman–Crippen MR) is 119 cm³/mol. The molecular formula is C23H25N3O3S. The Morgan fingerprint density at radius 1 is 1.17 bits per heavy atom. The fourth-order valence-corrected chi connectivity index (χ4v) is 4.81. The third-order valence-corrected chi connectivity index (χ3v) is 6.43. The van der Waals surface area contributed by atoms with Gasteiger partial charge in [-0.1, -0.05) is 18.2 Å². The fraction of sp³-hybridized carbons (Fsp3) is 0.304. The van der Waals surface area contributed by atoms with Crippen LogP contribution in [0.1, 0.15) is 44.2 Å². The third kappa shape index (κ3) is 4.26. The second-order valence-electron chi connectivity index (χ2n) is 7.54. The molecule has 2 amide bonds. The van der Waals surface area contributed by atoms with Gasteiger partial charge in [-0.3, -0.25) is 9.59 Å². The number of carbonyl (C=O) groups is 2. The summed E-state index contributed by atoms with van der Waals surface area (Å²) < 4.78 is 5.12. The second-order valence-corrected chi connectivity index (χ2v) is 8.59. The minimum atomic E-state index is -0.326. The maximum absolute atomic E-state index is 13.1. The number of carbonyl (C=O) groups excluding carboxylic acids is 2. The van der Waals surface area contributed by atoms with E-state index in [1.807, 2.05) is 26.1 Å². The molecule has 30 heavy (non-hydrogen) atoms. The molecule has 7 heteroatoms. The molecule has 4 rings (SSSR count). The molecule has 0 spiro atoms. The Balaban J connectivity index is 1.47. The van der Waals surface area contributed by atoms with Crippen LogP contribution < -0.4 is 10.2 Å². The van der Waals surface area contributed by atoms with E-state index in [1.165, 1.54) is 36.1 Å². The number of para-hydroxylation sites is 1. The summed E-state index contributed by atoms with van der Waals surface area (Å²) in [5.74, 6) is -0.134. The molecule has 3 aromatic rings. The maximum atomic E-state index is 13.1. The normalized spacial score (nSPS) is 13.5. The quantitative estimate of drug-likeness (QED) is 0.620. The number of nitrogens with one attached hydrogen (secondary N) is 1. The molecule has 1 aliphatic heterocycles. The van der Waals surface area contributed by atoms with Gasteiger partial charge >= 0.3 is 0 Å². The minimum Gasteiger partial charge on any atom is -0.459 e. The van der Waals surface area contributed by atoms with Crippen LogP contribution in [0, 0.1) is 6.92 Å². The van der Waals surface area contributed by atoms with Crippen LogP contribution in [-0.2, 0) is 6.54 Å². The van der Waals surface area contributed by atoms with Crippen LogP contribution >= 0.6 is 11.3 Å². The van der Waals surface area contributed by atoms with Gasteiger partial charge in [0, 0.05) is 32.4 Å². The van der Waals surface area contributed by atoms with Crippen LogP contribution in [0.25, 0.3) is 0 Å². The zero-order valence-corrected chi connectivity index (χ0v) is 18.0. The molecule has 1 aromatic carbocycles. The van der Waals surface area contributed by atoms with E-state index in [-0.39, 0.29) is 17.6 Å². The standard InChI is InChI=1S/C23H25N3O3S/c1-16-14-20(24-22(27)19-10-7-13-29-19)30-21(16)23(28)25(2)15-17-8-3-4-9-18(17)26-11-5-6-12-26/h3-4,7-10,13-14H,5-6,11-12,15H2,1-2H3,(H,24,27). The molecule has 3 heterocycles. The lowest BCUT2D eigenvalue weighted by atomic mass is 10.1. The van der Waals surface area contributed by atoms with Crippen molar-refractivity contribution >= 4 is 33.8 Å². The summed E-state index contributed by atoms with van der Waals surface area (Å²) in [5, 5.41) is 3.43. The average Bonchev–Trinajstić information content (AvgIpc) is 3.50. The van der Waals surface area contributed by atoms with Crippen LogP contribution in [0.2, 0.25) is 0 Å². The largest absolute Gasteiger partial charge is 0.459 e. The molecule has 2 aromatic heterocycles. The van der Waals surface area contributed by atoms with E-state index < -0.39 is 0 Å². The van der Waals surface area contributed by atoms with Crippen molar-refractivity contribution in [3.8, 4) is 0 Å². The zero-order valence-electron chi connectivity index (χ0n) is 17.2. The third-order valence-electron chi connectivity index (χ3n) is 5.29. The Morgan fingerprint density at radius 3 is 2.67 bits per heavy atom. The molecule has 1 aliphatic rings. The van der Waals surface area contributed by atoms with Crippen molar-refractivity contribution in [3.63, 3.8) is 0 Å². The van der Waals surface area contributed by atoms with Crippen molar-refractivity contribution < 1.29 is 14.0 Å². The summed E-state index contributed by atoms with van der Waals surface area (Å²) in [4.78, 5) is 30.1. The van der Waals surface area contributed by atoms with Crippen LogP contribution in [0.3, 0.4) is 0 Å². The number of hydrogen-bond donors (Lipinski definition) is 1. The molecule has 1 N–H and O–H groups in total. The van der Waals surface area contributed by atoms with E-state index in [1.54, 1.807) is 17.0 Å². The molecule has 1 saturated heterocycles. The Bertz CT molecular complexity index is 1040. The smallest absolute Gasteiger partial charge is 0.291 e. The van der Waals surface area contributed by atoms with Crippen molar-refractivity contribution in [1.82, 2.24) is 4.90 Å². The number of anilines is 2. The van der Waals surface area contributed by atoms with E-state index in [4.69, 9.17) is 4.42 Å². The number of hydrogen-bond acceptors (Lipinski definition) is 5. The van der Waals surface area contributed by atoms with Gasteiger partial charge in [-0.25, -0.2) is 0 Å². The molecule has 156 valence electrons. The predicted octanol–water partition coefficient (Wildman–Crippen LogP) is 4.77. The highest BCUT2D eigenvalue weighted by Gasteiger charge is 2.21. The van der Waals surface area contributed by atoms with E-state index >= 15 is 0 Å². The number of furan rings is 1. The van der Waals surface area contributed by atoms with Gasteiger partial charge < -0.3 is 19.5 Å². The Morgan fingerprint density at radius 2 is 1.93 bits per heavy atom. The summed E-state index contributed by atoms with van der Waals surface area (Å²) in [7, 11) is 1.82. The summed E-state index contributed by atoms with van der Waals surface area (Å²) >= 11 is 1.29. The number of rotatable bonds is 6. The fourth-order valence-electron chi connectivity index (χ4n) is 3.75. The number of thiophene rings is 1. The van der Waals surface area contributed by atoms with Crippen LogP contribution in [0.4, 0.5) is 10.7 Å². The molecule has 6 nitrogen and oxygen atoms in total. The van der Waals surface area contributed by atoms with E-state index in [9.17, 15) is 9.59 Å². The van der Waals surface area contributed by atoms with E-state index in [0.29, 0.717) is 16.4 Å².